The molecule has 1 fully saturated rings. The minimum atomic E-state index is 0.380. The van der Waals surface area contributed by atoms with Crippen LogP contribution in [0.2, 0.25) is 0 Å². The van der Waals surface area contributed by atoms with Crippen LogP contribution in [0.25, 0.3) is 0 Å². The lowest BCUT2D eigenvalue weighted by molar-refractivity contribution is 0.130. The third kappa shape index (κ3) is 3.81. The highest BCUT2D eigenvalue weighted by Crippen LogP contribution is 2.38. The van der Waals surface area contributed by atoms with Gasteiger partial charge in [0.05, 0.1) is 5.56 Å². The van der Waals surface area contributed by atoms with Crippen molar-refractivity contribution >= 4 is 11.3 Å². The molecular formula is C16H24N2S. The van der Waals surface area contributed by atoms with Crippen molar-refractivity contribution in [3.63, 3.8) is 0 Å². The first-order chi connectivity index (χ1) is 9.00. The standard InChI is InChI=1S/C16H24N2S/c1-16(2,3)14-6-4-5-7-15(14)18-10-13-8-12(9-17)11-19-13/h8,11,14-15,18H,4-7,10H2,1-3H3. The third-order valence-electron chi connectivity index (χ3n) is 4.20. The van der Waals surface area contributed by atoms with E-state index >= 15 is 0 Å². The average Bonchev–Trinajstić information content (AvgIpc) is 2.83. The predicted octanol–water partition coefficient (Wildman–Crippen LogP) is 4.31. The lowest BCUT2D eigenvalue weighted by atomic mass is 9.69. The normalized spacial score (nSPS) is 24.1. The molecule has 1 N–H and O–H groups in total. The molecule has 1 aliphatic rings. The summed E-state index contributed by atoms with van der Waals surface area (Å²) < 4.78 is 0. The molecule has 19 heavy (non-hydrogen) atoms. The van der Waals surface area contributed by atoms with Gasteiger partial charge < -0.3 is 5.32 Å². The molecule has 2 rings (SSSR count). The minimum Gasteiger partial charge on any atom is -0.309 e. The van der Waals surface area contributed by atoms with E-state index in [9.17, 15) is 0 Å². The van der Waals surface area contributed by atoms with E-state index in [0.29, 0.717) is 11.5 Å². The molecule has 2 nitrogen and oxygen atoms in total. The smallest absolute Gasteiger partial charge is 0.100 e. The van der Waals surface area contributed by atoms with E-state index in [-0.39, 0.29) is 0 Å². The van der Waals surface area contributed by atoms with Crippen LogP contribution in [0, 0.1) is 22.7 Å². The summed E-state index contributed by atoms with van der Waals surface area (Å²) in [5, 5.41) is 14.5. The molecule has 3 heteroatoms. The molecule has 1 saturated carbocycles. The van der Waals surface area contributed by atoms with Crippen molar-refractivity contribution in [2.45, 2.75) is 59.0 Å². The molecule has 0 radical (unpaired) electrons. The van der Waals surface area contributed by atoms with Crippen LogP contribution in [0.4, 0.5) is 0 Å². The Morgan fingerprint density at radius 1 is 1.37 bits per heavy atom. The fourth-order valence-corrected chi connectivity index (χ4v) is 3.94. The fourth-order valence-electron chi connectivity index (χ4n) is 3.18. The van der Waals surface area contributed by atoms with E-state index in [1.165, 1.54) is 30.6 Å². The van der Waals surface area contributed by atoms with Gasteiger partial charge in [-0.3, -0.25) is 0 Å². The number of hydrogen-bond donors (Lipinski definition) is 1. The molecule has 0 bridgehead atoms. The van der Waals surface area contributed by atoms with Crippen molar-refractivity contribution in [2.75, 3.05) is 0 Å². The van der Waals surface area contributed by atoms with Crippen LogP contribution in [-0.4, -0.2) is 6.04 Å². The molecule has 2 atom stereocenters. The molecule has 0 amide bonds. The average molecular weight is 276 g/mol. The summed E-state index contributed by atoms with van der Waals surface area (Å²) in [6, 6.07) is 4.83. The minimum absolute atomic E-state index is 0.380. The van der Waals surface area contributed by atoms with E-state index in [0.717, 1.165) is 18.0 Å². The van der Waals surface area contributed by atoms with Crippen LogP contribution < -0.4 is 5.32 Å². The zero-order valence-electron chi connectivity index (χ0n) is 12.2. The lowest BCUT2D eigenvalue weighted by Crippen LogP contribution is -2.43. The highest BCUT2D eigenvalue weighted by molar-refractivity contribution is 7.10. The van der Waals surface area contributed by atoms with Crippen molar-refractivity contribution in [3.8, 4) is 6.07 Å². The predicted molar refractivity (Wildman–Crippen MR) is 81.1 cm³/mol. The number of thiophene rings is 1. The molecule has 104 valence electrons. The van der Waals surface area contributed by atoms with Gasteiger partial charge in [0.25, 0.3) is 0 Å². The van der Waals surface area contributed by atoms with E-state index in [2.05, 4.69) is 32.2 Å². The van der Waals surface area contributed by atoms with Crippen molar-refractivity contribution in [1.82, 2.24) is 5.32 Å². The van der Waals surface area contributed by atoms with Crippen LogP contribution in [-0.2, 0) is 6.54 Å². The maximum Gasteiger partial charge on any atom is 0.100 e. The number of hydrogen-bond acceptors (Lipinski definition) is 3. The van der Waals surface area contributed by atoms with E-state index in [1.807, 2.05) is 11.4 Å². The Kier molecular flexibility index (Phi) is 4.65. The lowest BCUT2D eigenvalue weighted by Gasteiger charge is -2.41. The molecular weight excluding hydrogens is 252 g/mol. The Hall–Kier alpha value is -0.850. The summed E-state index contributed by atoms with van der Waals surface area (Å²) in [4.78, 5) is 1.27. The molecule has 1 aliphatic carbocycles. The highest BCUT2D eigenvalue weighted by atomic mass is 32.1. The topological polar surface area (TPSA) is 35.8 Å². The number of nitrogens with one attached hydrogen (secondary N) is 1. The maximum atomic E-state index is 8.85. The number of nitrogens with zero attached hydrogens (tertiary/aromatic N) is 1. The maximum absolute atomic E-state index is 8.85. The SMILES string of the molecule is CC(C)(C)C1CCCCC1NCc1cc(C#N)cs1. The Bertz CT molecular complexity index is 450. The summed E-state index contributed by atoms with van der Waals surface area (Å²) in [6.45, 7) is 7.98. The molecule has 1 aromatic heterocycles. The zero-order chi connectivity index (χ0) is 13.9. The van der Waals surface area contributed by atoms with Gasteiger partial charge in [-0.05, 0) is 30.2 Å². The monoisotopic (exact) mass is 276 g/mol. The zero-order valence-corrected chi connectivity index (χ0v) is 13.0. The summed E-state index contributed by atoms with van der Waals surface area (Å²) in [5.74, 6) is 0.761. The first-order valence-electron chi connectivity index (χ1n) is 7.21. The van der Waals surface area contributed by atoms with Gasteiger partial charge in [0.1, 0.15) is 6.07 Å². The third-order valence-corrected chi connectivity index (χ3v) is 5.14. The Balaban J connectivity index is 1.95. The number of nitriles is 1. The Morgan fingerprint density at radius 3 is 2.74 bits per heavy atom. The molecule has 0 aromatic carbocycles. The summed E-state index contributed by atoms with van der Waals surface area (Å²) in [6.07, 6.45) is 5.35. The largest absolute Gasteiger partial charge is 0.309 e. The first kappa shape index (κ1) is 14.6. The van der Waals surface area contributed by atoms with Crippen LogP contribution in [0.5, 0.6) is 0 Å². The fraction of sp³-hybridized carbons (Fsp3) is 0.688. The summed E-state index contributed by atoms with van der Waals surface area (Å²) in [5.41, 5.74) is 1.17. The summed E-state index contributed by atoms with van der Waals surface area (Å²) >= 11 is 1.69. The molecule has 0 spiro atoms. The molecule has 1 heterocycles. The van der Waals surface area contributed by atoms with Crippen molar-refractivity contribution in [1.29, 1.82) is 5.26 Å². The van der Waals surface area contributed by atoms with Crippen molar-refractivity contribution in [3.05, 3.63) is 21.9 Å². The van der Waals surface area contributed by atoms with Gasteiger partial charge in [0, 0.05) is 22.8 Å². The second-order valence-corrected chi connectivity index (χ2v) is 7.65. The van der Waals surface area contributed by atoms with Crippen molar-refractivity contribution in [2.24, 2.45) is 11.3 Å². The summed E-state index contributed by atoms with van der Waals surface area (Å²) in [7, 11) is 0. The van der Waals surface area contributed by atoms with Crippen LogP contribution >= 0.6 is 11.3 Å². The van der Waals surface area contributed by atoms with Gasteiger partial charge in [-0.2, -0.15) is 5.26 Å². The molecule has 1 aromatic rings. The second-order valence-electron chi connectivity index (χ2n) is 6.66. The van der Waals surface area contributed by atoms with Gasteiger partial charge in [-0.25, -0.2) is 0 Å². The van der Waals surface area contributed by atoms with Crippen LogP contribution in [0.15, 0.2) is 11.4 Å². The van der Waals surface area contributed by atoms with Crippen LogP contribution in [0.1, 0.15) is 56.9 Å². The van der Waals surface area contributed by atoms with Crippen LogP contribution in [0.3, 0.4) is 0 Å². The first-order valence-corrected chi connectivity index (χ1v) is 8.09. The number of rotatable bonds is 3. The van der Waals surface area contributed by atoms with Gasteiger partial charge in [-0.1, -0.05) is 33.6 Å². The Morgan fingerprint density at radius 2 is 2.11 bits per heavy atom. The van der Waals surface area contributed by atoms with E-state index < -0.39 is 0 Å². The molecule has 0 saturated heterocycles. The van der Waals surface area contributed by atoms with Gasteiger partial charge >= 0.3 is 0 Å². The second kappa shape index (κ2) is 6.07. The van der Waals surface area contributed by atoms with Gasteiger partial charge in [-0.15, -0.1) is 11.3 Å². The van der Waals surface area contributed by atoms with Gasteiger partial charge in [0.2, 0.25) is 0 Å². The van der Waals surface area contributed by atoms with Crippen molar-refractivity contribution < 1.29 is 0 Å². The molecule has 2 unspecified atom stereocenters. The van der Waals surface area contributed by atoms with E-state index in [1.54, 1.807) is 11.3 Å². The molecule has 0 aliphatic heterocycles. The van der Waals surface area contributed by atoms with E-state index in [4.69, 9.17) is 5.26 Å². The Labute approximate surface area is 120 Å². The quantitative estimate of drug-likeness (QED) is 0.892. The van der Waals surface area contributed by atoms with Gasteiger partial charge in [0.15, 0.2) is 0 Å². The highest BCUT2D eigenvalue weighted by Gasteiger charge is 2.33.